The molecule has 0 bridgehead atoms. The fourth-order valence-corrected chi connectivity index (χ4v) is 4.10. The molecule has 7 nitrogen and oxygen atoms in total. The van der Waals surface area contributed by atoms with Crippen LogP contribution in [0.5, 0.6) is 0 Å². The molecule has 1 aliphatic carbocycles. The minimum atomic E-state index is -0.171. The largest absolute Gasteiger partial charge is 0.352 e. The van der Waals surface area contributed by atoms with Crippen molar-refractivity contribution in [1.82, 2.24) is 25.2 Å². The van der Waals surface area contributed by atoms with Gasteiger partial charge in [-0.15, -0.1) is 0 Å². The minimum Gasteiger partial charge on any atom is -0.352 e. The fourth-order valence-electron chi connectivity index (χ4n) is 4.10. The molecule has 1 N–H and O–H groups in total. The molecule has 1 unspecified atom stereocenters. The van der Waals surface area contributed by atoms with Gasteiger partial charge in [-0.2, -0.15) is 0 Å². The molecule has 1 atom stereocenters. The summed E-state index contributed by atoms with van der Waals surface area (Å²) in [6.45, 7) is 3.38. The molecule has 1 saturated carbocycles. The lowest BCUT2D eigenvalue weighted by atomic mass is 9.62. The SMILES string of the molecule is Cc1cnc(C(=O)N2CC(C(=O)NCc3ccncc3)C3(CCC3)C2)cn1. The third-order valence-corrected chi connectivity index (χ3v) is 5.82. The predicted octanol–water partition coefficient (Wildman–Crippen LogP) is 1.74. The number of hydrogen-bond donors (Lipinski definition) is 1. The zero-order chi connectivity index (χ0) is 18.9. The van der Waals surface area contributed by atoms with Gasteiger partial charge < -0.3 is 10.2 Å². The first-order chi connectivity index (χ1) is 13.1. The number of likely N-dealkylation sites (tertiary alicyclic amines) is 1. The van der Waals surface area contributed by atoms with Gasteiger partial charge in [0.1, 0.15) is 5.69 Å². The van der Waals surface area contributed by atoms with Crippen LogP contribution in [0, 0.1) is 18.3 Å². The lowest BCUT2D eigenvalue weighted by molar-refractivity contribution is -0.129. The van der Waals surface area contributed by atoms with Gasteiger partial charge in [0.05, 0.1) is 17.8 Å². The Hall–Kier alpha value is -2.83. The number of amides is 2. The first-order valence-corrected chi connectivity index (χ1v) is 9.32. The summed E-state index contributed by atoms with van der Waals surface area (Å²) < 4.78 is 0. The van der Waals surface area contributed by atoms with Gasteiger partial charge in [0, 0.05) is 43.6 Å². The van der Waals surface area contributed by atoms with Crippen molar-refractivity contribution in [3.05, 3.63) is 53.9 Å². The molecule has 140 valence electrons. The first-order valence-electron chi connectivity index (χ1n) is 9.32. The number of pyridine rings is 1. The van der Waals surface area contributed by atoms with Crippen LogP contribution in [0.25, 0.3) is 0 Å². The molecule has 0 radical (unpaired) electrons. The highest BCUT2D eigenvalue weighted by molar-refractivity contribution is 5.93. The molecule has 1 spiro atoms. The Morgan fingerprint density at radius 2 is 2.00 bits per heavy atom. The van der Waals surface area contributed by atoms with Crippen molar-refractivity contribution >= 4 is 11.8 Å². The number of aromatic nitrogens is 3. The molecule has 4 rings (SSSR count). The molecular weight excluding hydrogens is 342 g/mol. The van der Waals surface area contributed by atoms with Crippen LogP contribution in [0.3, 0.4) is 0 Å². The van der Waals surface area contributed by atoms with E-state index in [0.717, 1.165) is 30.5 Å². The molecule has 7 heteroatoms. The number of nitrogens with zero attached hydrogens (tertiary/aromatic N) is 4. The number of carbonyl (C=O) groups is 2. The summed E-state index contributed by atoms with van der Waals surface area (Å²) in [6.07, 6.45) is 9.64. The molecule has 2 fully saturated rings. The highest BCUT2D eigenvalue weighted by atomic mass is 16.2. The van der Waals surface area contributed by atoms with Crippen molar-refractivity contribution in [2.45, 2.75) is 32.7 Å². The third-order valence-electron chi connectivity index (χ3n) is 5.82. The van der Waals surface area contributed by atoms with Gasteiger partial charge in [0.25, 0.3) is 5.91 Å². The molecule has 2 aromatic rings. The predicted molar refractivity (Wildman–Crippen MR) is 98.5 cm³/mol. The van der Waals surface area contributed by atoms with Crippen molar-refractivity contribution in [2.75, 3.05) is 13.1 Å². The highest BCUT2D eigenvalue weighted by Crippen LogP contribution is 2.51. The summed E-state index contributed by atoms with van der Waals surface area (Å²) in [5, 5.41) is 3.04. The lowest BCUT2D eigenvalue weighted by Crippen LogP contribution is -2.45. The van der Waals surface area contributed by atoms with E-state index in [1.54, 1.807) is 23.5 Å². The smallest absolute Gasteiger partial charge is 0.274 e. The fraction of sp³-hybridized carbons (Fsp3) is 0.450. The standard InChI is InChI=1S/C20H23N5O2/c1-14-9-23-17(11-22-14)19(27)25-12-16(20(13-25)5-2-6-20)18(26)24-10-15-3-7-21-8-4-15/h3-4,7-9,11,16H,2,5-6,10,12-13H2,1H3,(H,24,26). The van der Waals surface area contributed by atoms with E-state index in [2.05, 4.69) is 20.3 Å². The maximum Gasteiger partial charge on any atom is 0.274 e. The Balaban J connectivity index is 1.45. The normalized spacial score (nSPS) is 20.3. The van der Waals surface area contributed by atoms with Gasteiger partial charge in [-0.3, -0.25) is 19.6 Å². The number of rotatable bonds is 4. The van der Waals surface area contributed by atoms with Crippen LogP contribution < -0.4 is 5.32 Å². The van der Waals surface area contributed by atoms with Crippen molar-refractivity contribution < 1.29 is 9.59 Å². The van der Waals surface area contributed by atoms with E-state index < -0.39 is 0 Å². The maximum absolute atomic E-state index is 12.9. The minimum absolute atomic E-state index is 0.0248. The van der Waals surface area contributed by atoms with Crippen molar-refractivity contribution in [2.24, 2.45) is 11.3 Å². The van der Waals surface area contributed by atoms with E-state index in [4.69, 9.17) is 0 Å². The summed E-state index contributed by atoms with van der Waals surface area (Å²) in [6, 6.07) is 3.78. The monoisotopic (exact) mass is 365 g/mol. The van der Waals surface area contributed by atoms with Gasteiger partial charge in [-0.25, -0.2) is 4.98 Å². The number of carbonyl (C=O) groups excluding carboxylic acids is 2. The zero-order valence-electron chi connectivity index (χ0n) is 15.4. The average molecular weight is 365 g/mol. The number of aryl methyl sites for hydroxylation is 1. The molecule has 27 heavy (non-hydrogen) atoms. The summed E-state index contributed by atoms with van der Waals surface area (Å²) in [5.74, 6) is -0.287. The summed E-state index contributed by atoms with van der Waals surface area (Å²) in [7, 11) is 0. The third kappa shape index (κ3) is 3.41. The second-order valence-electron chi connectivity index (χ2n) is 7.57. The maximum atomic E-state index is 12.9. The van der Waals surface area contributed by atoms with Crippen LogP contribution in [0.4, 0.5) is 0 Å². The topological polar surface area (TPSA) is 88.1 Å². The van der Waals surface area contributed by atoms with E-state index in [1.807, 2.05) is 19.1 Å². The molecule has 2 aromatic heterocycles. The Kier molecular flexibility index (Phi) is 4.59. The van der Waals surface area contributed by atoms with Crippen molar-refractivity contribution in [3.8, 4) is 0 Å². The highest BCUT2D eigenvalue weighted by Gasteiger charge is 2.54. The van der Waals surface area contributed by atoms with Crippen LogP contribution in [-0.2, 0) is 11.3 Å². The Bertz CT molecular complexity index is 833. The molecule has 0 aromatic carbocycles. The van der Waals surface area contributed by atoms with Gasteiger partial charge in [-0.1, -0.05) is 6.42 Å². The summed E-state index contributed by atoms with van der Waals surface area (Å²) >= 11 is 0. The molecule has 2 amide bonds. The van der Waals surface area contributed by atoms with Crippen LogP contribution in [0.15, 0.2) is 36.9 Å². The Morgan fingerprint density at radius 1 is 1.22 bits per heavy atom. The van der Waals surface area contributed by atoms with Gasteiger partial charge in [0.2, 0.25) is 5.91 Å². The van der Waals surface area contributed by atoms with E-state index >= 15 is 0 Å². The molecular formula is C20H23N5O2. The van der Waals surface area contributed by atoms with Crippen LogP contribution in [-0.4, -0.2) is 44.8 Å². The van der Waals surface area contributed by atoms with Gasteiger partial charge >= 0.3 is 0 Å². The second-order valence-corrected chi connectivity index (χ2v) is 7.57. The summed E-state index contributed by atoms with van der Waals surface area (Å²) in [4.78, 5) is 39.8. The average Bonchev–Trinajstić information content (AvgIpc) is 3.08. The molecule has 3 heterocycles. The van der Waals surface area contributed by atoms with Gasteiger partial charge in [0.15, 0.2) is 0 Å². The first kappa shape index (κ1) is 17.6. The quantitative estimate of drug-likeness (QED) is 0.892. The number of hydrogen-bond acceptors (Lipinski definition) is 5. The van der Waals surface area contributed by atoms with Crippen LogP contribution in [0.1, 0.15) is 41.0 Å². The van der Waals surface area contributed by atoms with Gasteiger partial charge in [-0.05, 0) is 37.5 Å². The zero-order valence-corrected chi connectivity index (χ0v) is 15.4. The van der Waals surface area contributed by atoms with E-state index in [-0.39, 0.29) is 23.1 Å². The van der Waals surface area contributed by atoms with E-state index in [1.165, 1.54) is 6.20 Å². The lowest BCUT2D eigenvalue weighted by Gasteiger charge is -2.41. The second kappa shape index (κ2) is 7.06. The number of nitrogens with one attached hydrogen (secondary N) is 1. The molecule has 1 saturated heterocycles. The van der Waals surface area contributed by atoms with Crippen LogP contribution >= 0.6 is 0 Å². The Morgan fingerprint density at radius 3 is 2.63 bits per heavy atom. The van der Waals surface area contributed by atoms with E-state index in [9.17, 15) is 9.59 Å². The van der Waals surface area contributed by atoms with Crippen LogP contribution in [0.2, 0.25) is 0 Å². The Labute approximate surface area is 158 Å². The van der Waals surface area contributed by atoms with Crippen molar-refractivity contribution in [1.29, 1.82) is 0 Å². The summed E-state index contributed by atoms with van der Waals surface area (Å²) in [5.41, 5.74) is 2.04. The molecule has 1 aliphatic heterocycles. The van der Waals surface area contributed by atoms with Crippen molar-refractivity contribution in [3.63, 3.8) is 0 Å². The molecule has 2 aliphatic rings. The van der Waals surface area contributed by atoms with E-state index in [0.29, 0.717) is 25.3 Å².